The fraction of sp³-hybridized carbons (Fsp3) is 0.462. The van der Waals surface area contributed by atoms with Gasteiger partial charge in [0.1, 0.15) is 5.82 Å². The molecule has 2 aliphatic rings. The van der Waals surface area contributed by atoms with Gasteiger partial charge in [0, 0.05) is 25.6 Å². The molecule has 1 amide bonds. The number of imidazole rings is 1. The molecule has 0 radical (unpaired) electrons. The summed E-state index contributed by atoms with van der Waals surface area (Å²) < 4.78 is 2.14. The fourth-order valence-corrected chi connectivity index (χ4v) is 5.28. The number of rotatable bonds is 7. The molecule has 1 aliphatic heterocycles. The molecule has 0 N–H and O–H groups in total. The number of amides is 1. The minimum atomic E-state index is 0.105. The maximum Gasteiger partial charge on any atom is 0.226 e. The van der Waals surface area contributed by atoms with Crippen LogP contribution >= 0.6 is 0 Å². The zero-order valence-electron chi connectivity index (χ0n) is 18.6. The van der Waals surface area contributed by atoms with Crippen molar-refractivity contribution < 1.29 is 4.79 Å². The lowest BCUT2D eigenvalue weighted by atomic mass is 10.1. The predicted molar refractivity (Wildman–Crippen MR) is 124 cm³/mol. The van der Waals surface area contributed by atoms with Gasteiger partial charge in [-0.05, 0) is 56.0 Å². The summed E-state index contributed by atoms with van der Waals surface area (Å²) in [6.45, 7) is 5.80. The number of benzene rings is 2. The highest BCUT2D eigenvalue weighted by Gasteiger charge is 2.46. The molecule has 5 heteroatoms. The number of carbonyl (C=O) groups excluding carboxylic acids is 1. The molecule has 2 heterocycles. The van der Waals surface area contributed by atoms with Crippen LogP contribution in [-0.4, -0.2) is 50.9 Å². The molecule has 2 fully saturated rings. The summed E-state index contributed by atoms with van der Waals surface area (Å²) in [6, 6.07) is 19.2. The third-order valence-electron chi connectivity index (χ3n) is 7.20. The molecule has 0 unspecified atom stereocenters. The van der Waals surface area contributed by atoms with Gasteiger partial charge in [-0.1, -0.05) is 49.4 Å². The molecule has 3 atom stereocenters. The SMILES string of the molecule is CCN1CCC[C@@H]1CN(Cc1nc2ccccc2n1C)C(=O)[C@@H]1C[C@H]1c1ccccc1. The van der Waals surface area contributed by atoms with Gasteiger partial charge in [-0.15, -0.1) is 0 Å². The average molecular weight is 417 g/mol. The highest BCUT2D eigenvalue weighted by atomic mass is 16.2. The van der Waals surface area contributed by atoms with Crippen molar-refractivity contribution in [2.24, 2.45) is 13.0 Å². The van der Waals surface area contributed by atoms with Crippen LogP contribution in [0.2, 0.25) is 0 Å². The second kappa shape index (κ2) is 8.46. The number of aryl methyl sites for hydroxylation is 1. The molecule has 3 aromatic rings. The molecule has 2 aromatic carbocycles. The van der Waals surface area contributed by atoms with Crippen LogP contribution < -0.4 is 0 Å². The summed E-state index contributed by atoms with van der Waals surface area (Å²) in [5.41, 5.74) is 3.41. The molecule has 1 aromatic heterocycles. The molecule has 5 rings (SSSR count). The minimum absolute atomic E-state index is 0.105. The molecule has 1 aliphatic carbocycles. The van der Waals surface area contributed by atoms with Crippen molar-refractivity contribution in [3.05, 3.63) is 66.0 Å². The van der Waals surface area contributed by atoms with Crippen molar-refractivity contribution in [3.63, 3.8) is 0 Å². The Kier molecular flexibility index (Phi) is 5.53. The number of para-hydroxylation sites is 2. The molecular weight excluding hydrogens is 384 g/mol. The van der Waals surface area contributed by atoms with Gasteiger partial charge in [-0.3, -0.25) is 9.69 Å². The number of hydrogen-bond acceptors (Lipinski definition) is 3. The van der Waals surface area contributed by atoms with E-state index in [1.807, 2.05) is 24.3 Å². The van der Waals surface area contributed by atoms with E-state index in [-0.39, 0.29) is 5.92 Å². The maximum atomic E-state index is 13.7. The van der Waals surface area contributed by atoms with E-state index in [0.29, 0.717) is 24.4 Å². The first-order valence-electron chi connectivity index (χ1n) is 11.6. The quantitative estimate of drug-likeness (QED) is 0.580. The lowest BCUT2D eigenvalue weighted by molar-refractivity contribution is -0.134. The summed E-state index contributed by atoms with van der Waals surface area (Å²) in [4.78, 5) is 23.2. The van der Waals surface area contributed by atoms with E-state index in [4.69, 9.17) is 4.98 Å². The van der Waals surface area contributed by atoms with Gasteiger partial charge >= 0.3 is 0 Å². The maximum absolute atomic E-state index is 13.7. The monoisotopic (exact) mass is 416 g/mol. The van der Waals surface area contributed by atoms with Crippen LogP contribution in [0.3, 0.4) is 0 Å². The number of nitrogens with zero attached hydrogens (tertiary/aromatic N) is 4. The van der Waals surface area contributed by atoms with Crippen LogP contribution in [0.15, 0.2) is 54.6 Å². The van der Waals surface area contributed by atoms with Crippen molar-refractivity contribution in [3.8, 4) is 0 Å². The van der Waals surface area contributed by atoms with Crippen molar-refractivity contribution in [1.82, 2.24) is 19.4 Å². The first kappa shape index (κ1) is 20.3. The van der Waals surface area contributed by atoms with Crippen LogP contribution in [0.5, 0.6) is 0 Å². The topological polar surface area (TPSA) is 41.4 Å². The van der Waals surface area contributed by atoms with E-state index in [0.717, 1.165) is 42.9 Å². The zero-order chi connectivity index (χ0) is 21.4. The predicted octanol–water partition coefficient (Wildman–Crippen LogP) is 4.19. The number of fused-ring (bicyclic) bond motifs is 1. The Bertz CT molecular complexity index is 1060. The Balaban J connectivity index is 1.39. The van der Waals surface area contributed by atoms with Gasteiger partial charge < -0.3 is 9.47 Å². The molecule has 0 spiro atoms. The minimum Gasteiger partial charge on any atom is -0.333 e. The highest BCUT2D eigenvalue weighted by molar-refractivity contribution is 5.83. The Labute approximate surface area is 184 Å². The van der Waals surface area contributed by atoms with E-state index in [1.54, 1.807) is 0 Å². The summed E-state index contributed by atoms with van der Waals surface area (Å²) in [5, 5.41) is 0. The normalized spacial score (nSPS) is 23.4. The van der Waals surface area contributed by atoms with Gasteiger partial charge in [0.2, 0.25) is 5.91 Å². The third kappa shape index (κ3) is 3.99. The lowest BCUT2D eigenvalue weighted by Crippen LogP contribution is -2.43. The first-order chi connectivity index (χ1) is 15.2. The van der Waals surface area contributed by atoms with Gasteiger partial charge in [-0.2, -0.15) is 0 Å². The molecule has 0 bridgehead atoms. The van der Waals surface area contributed by atoms with Crippen LogP contribution in [0.4, 0.5) is 0 Å². The average Bonchev–Trinajstić information content (AvgIpc) is 3.38. The van der Waals surface area contributed by atoms with E-state index in [1.165, 1.54) is 18.4 Å². The van der Waals surface area contributed by atoms with Crippen molar-refractivity contribution in [2.75, 3.05) is 19.6 Å². The summed E-state index contributed by atoms with van der Waals surface area (Å²) in [6.07, 6.45) is 3.36. The molecule has 162 valence electrons. The largest absolute Gasteiger partial charge is 0.333 e. The van der Waals surface area contributed by atoms with Crippen LogP contribution in [-0.2, 0) is 18.4 Å². The van der Waals surface area contributed by atoms with Crippen molar-refractivity contribution in [2.45, 2.75) is 44.7 Å². The number of likely N-dealkylation sites (tertiary alicyclic amines) is 1. The van der Waals surface area contributed by atoms with E-state index >= 15 is 0 Å². The Hall–Kier alpha value is -2.66. The van der Waals surface area contributed by atoms with E-state index in [2.05, 4.69) is 58.7 Å². The van der Waals surface area contributed by atoms with Gasteiger partial charge in [0.25, 0.3) is 0 Å². The van der Waals surface area contributed by atoms with Crippen LogP contribution in [0.25, 0.3) is 11.0 Å². The highest BCUT2D eigenvalue weighted by Crippen LogP contribution is 2.48. The van der Waals surface area contributed by atoms with Gasteiger partial charge in [0.15, 0.2) is 0 Å². The number of carbonyl (C=O) groups is 1. The summed E-state index contributed by atoms with van der Waals surface area (Å²) in [5.74, 6) is 1.73. The second-order valence-electron chi connectivity index (χ2n) is 9.08. The molecule has 5 nitrogen and oxygen atoms in total. The standard InChI is InChI=1S/C26H32N4O/c1-3-29-15-9-12-20(29)17-30(18-25-27-23-13-7-8-14-24(23)28(25)2)26(31)22-16-21(22)19-10-5-4-6-11-19/h4-8,10-11,13-14,20-22H,3,9,12,15-18H2,1-2H3/t20-,21+,22-/m1/s1. The summed E-state index contributed by atoms with van der Waals surface area (Å²) in [7, 11) is 2.06. The first-order valence-corrected chi connectivity index (χ1v) is 11.6. The Morgan fingerprint density at radius 2 is 1.90 bits per heavy atom. The van der Waals surface area contributed by atoms with Crippen LogP contribution in [0, 0.1) is 5.92 Å². The fourth-order valence-electron chi connectivity index (χ4n) is 5.28. The second-order valence-corrected chi connectivity index (χ2v) is 9.08. The zero-order valence-corrected chi connectivity index (χ0v) is 18.6. The molecule has 1 saturated carbocycles. The molecule has 1 saturated heterocycles. The van der Waals surface area contributed by atoms with Crippen molar-refractivity contribution >= 4 is 16.9 Å². The molecule has 31 heavy (non-hydrogen) atoms. The van der Waals surface area contributed by atoms with E-state index in [9.17, 15) is 4.79 Å². The van der Waals surface area contributed by atoms with E-state index < -0.39 is 0 Å². The summed E-state index contributed by atoms with van der Waals surface area (Å²) >= 11 is 0. The van der Waals surface area contributed by atoms with Gasteiger partial charge in [-0.25, -0.2) is 4.98 Å². The number of likely N-dealkylation sites (N-methyl/N-ethyl adjacent to an activating group) is 1. The smallest absolute Gasteiger partial charge is 0.226 e. The lowest BCUT2D eigenvalue weighted by Gasteiger charge is -2.30. The Morgan fingerprint density at radius 3 is 2.68 bits per heavy atom. The van der Waals surface area contributed by atoms with Gasteiger partial charge in [0.05, 0.1) is 17.6 Å². The molecular formula is C26H32N4O. The van der Waals surface area contributed by atoms with Crippen LogP contribution in [0.1, 0.15) is 43.5 Å². The Morgan fingerprint density at radius 1 is 1.13 bits per heavy atom. The van der Waals surface area contributed by atoms with Crippen molar-refractivity contribution in [1.29, 1.82) is 0 Å². The third-order valence-corrected chi connectivity index (χ3v) is 7.20. The number of aromatic nitrogens is 2. The number of hydrogen-bond donors (Lipinski definition) is 0.